The van der Waals surface area contributed by atoms with E-state index in [-0.39, 0.29) is 5.41 Å². The van der Waals surface area contributed by atoms with Gasteiger partial charge in [-0.25, -0.2) is 4.98 Å². The SMILES string of the molecule is CCNC(=NCC1(c2ccccc2C)CC1)NCCc1csc(C)n1. The normalized spacial score (nSPS) is 15.9. The van der Waals surface area contributed by atoms with Crippen LogP contribution in [0.4, 0.5) is 0 Å². The first-order valence-electron chi connectivity index (χ1n) is 9.12. The van der Waals surface area contributed by atoms with Crippen molar-refractivity contribution in [3.05, 3.63) is 51.5 Å². The molecule has 4 nitrogen and oxygen atoms in total. The Balaban J connectivity index is 1.59. The number of thiazole rings is 1. The second-order valence-electron chi connectivity index (χ2n) is 6.83. The Morgan fingerprint density at radius 2 is 2.04 bits per heavy atom. The highest BCUT2D eigenvalue weighted by Gasteiger charge is 2.44. The molecule has 0 saturated heterocycles. The molecule has 1 aromatic heterocycles. The summed E-state index contributed by atoms with van der Waals surface area (Å²) >= 11 is 1.71. The van der Waals surface area contributed by atoms with Gasteiger partial charge in [0.25, 0.3) is 0 Å². The average molecular weight is 357 g/mol. The monoisotopic (exact) mass is 356 g/mol. The van der Waals surface area contributed by atoms with Crippen molar-refractivity contribution >= 4 is 17.3 Å². The molecule has 0 spiro atoms. The van der Waals surface area contributed by atoms with Crippen LogP contribution in [0.15, 0.2) is 34.6 Å². The smallest absolute Gasteiger partial charge is 0.191 e. The van der Waals surface area contributed by atoms with Gasteiger partial charge in [0.1, 0.15) is 0 Å². The number of aryl methyl sites for hydroxylation is 2. The summed E-state index contributed by atoms with van der Waals surface area (Å²) < 4.78 is 0. The van der Waals surface area contributed by atoms with Gasteiger partial charge in [0.2, 0.25) is 0 Å². The van der Waals surface area contributed by atoms with Gasteiger partial charge in [0.05, 0.1) is 17.2 Å². The van der Waals surface area contributed by atoms with E-state index in [1.807, 2.05) is 6.92 Å². The van der Waals surface area contributed by atoms with E-state index in [2.05, 4.69) is 59.1 Å². The fourth-order valence-electron chi connectivity index (χ4n) is 3.24. The maximum absolute atomic E-state index is 4.88. The fourth-order valence-corrected chi connectivity index (χ4v) is 3.88. The number of nitrogens with zero attached hydrogens (tertiary/aromatic N) is 2. The Hall–Kier alpha value is -1.88. The number of nitrogens with one attached hydrogen (secondary N) is 2. The zero-order valence-corrected chi connectivity index (χ0v) is 16.2. The maximum atomic E-state index is 4.88. The summed E-state index contributed by atoms with van der Waals surface area (Å²) in [7, 11) is 0. The molecule has 1 heterocycles. The molecule has 0 radical (unpaired) electrons. The lowest BCUT2D eigenvalue weighted by molar-refractivity contribution is 0.687. The van der Waals surface area contributed by atoms with Crippen molar-refractivity contribution in [3.63, 3.8) is 0 Å². The second kappa shape index (κ2) is 8.00. The molecule has 1 saturated carbocycles. The fraction of sp³-hybridized carbons (Fsp3) is 0.500. The summed E-state index contributed by atoms with van der Waals surface area (Å²) in [6.07, 6.45) is 3.40. The summed E-state index contributed by atoms with van der Waals surface area (Å²) in [5, 5.41) is 10.1. The molecule has 2 aromatic rings. The second-order valence-corrected chi connectivity index (χ2v) is 7.89. The van der Waals surface area contributed by atoms with E-state index in [1.165, 1.54) is 24.0 Å². The largest absolute Gasteiger partial charge is 0.357 e. The molecule has 3 rings (SSSR count). The van der Waals surface area contributed by atoms with Gasteiger partial charge in [0.15, 0.2) is 5.96 Å². The predicted octanol–water partition coefficient (Wildman–Crippen LogP) is 3.59. The quantitative estimate of drug-likeness (QED) is 0.589. The summed E-state index contributed by atoms with van der Waals surface area (Å²) in [5.74, 6) is 0.911. The molecule has 1 aromatic carbocycles. The molecule has 1 aliphatic carbocycles. The molecular formula is C20H28N4S. The van der Waals surface area contributed by atoms with Crippen molar-refractivity contribution < 1.29 is 0 Å². The van der Waals surface area contributed by atoms with Crippen LogP contribution in [0, 0.1) is 13.8 Å². The molecule has 1 fully saturated rings. The van der Waals surface area contributed by atoms with Crippen molar-refractivity contribution in [2.24, 2.45) is 4.99 Å². The third-order valence-electron chi connectivity index (χ3n) is 4.79. The van der Waals surface area contributed by atoms with Crippen molar-refractivity contribution in [1.29, 1.82) is 0 Å². The highest BCUT2D eigenvalue weighted by Crippen LogP contribution is 2.49. The number of benzene rings is 1. The molecule has 2 N–H and O–H groups in total. The minimum absolute atomic E-state index is 0.250. The first-order chi connectivity index (χ1) is 12.1. The molecule has 0 unspecified atom stereocenters. The van der Waals surface area contributed by atoms with Crippen LogP contribution >= 0.6 is 11.3 Å². The van der Waals surface area contributed by atoms with Gasteiger partial charge in [-0.1, -0.05) is 24.3 Å². The Morgan fingerprint density at radius 3 is 2.68 bits per heavy atom. The lowest BCUT2D eigenvalue weighted by Crippen LogP contribution is -2.39. The Kier molecular flexibility index (Phi) is 5.74. The average Bonchev–Trinajstić information content (AvgIpc) is 3.28. The van der Waals surface area contributed by atoms with Gasteiger partial charge < -0.3 is 10.6 Å². The van der Waals surface area contributed by atoms with Gasteiger partial charge in [-0.2, -0.15) is 0 Å². The van der Waals surface area contributed by atoms with Gasteiger partial charge in [-0.3, -0.25) is 4.99 Å². The van der Waals surface area contributed by atoms with E-state index in [1.54, 1.807) is 11.3 Å². The third kappa shape index (κ3) is 4.60. The molecule has 5 heteroatoms. The standard InChI is InChI=1S/C20H28N4S/c1-4-21-19(22-12-9-17-13-25-16(3)24-17)23-14-20(10-11-20)18-8-6-5-7-15(18)2/h5-8,13H,4,9-12,14H2,1-3H3,(H2,21,22,23). The first kappa shape index (κ1) is 17.9. The van der Waals surface area contributed by atoms with Crippen LogP contribution in [-0.2, 0) is 11.8 Å². The van der Waals surface area contributed by atoms with E-state index in [4.69, 9.17) is 4.99 Å². The Labute approximate surface area is 154 Å². The van der Waals surface area contributed by atoms with Crippen molar-refractivity contribution in [1.82, 2.24) is 15.6 Å². The lowest BCUT2D eigenvalue weighted by atomic mass is 9.92. The summed E-state index contributed by atoms with van der Waals surface area (Å²) in [6.45, 7) is 8.94. The van der Waals surface area contributed by atoms with E-state index in [0.717, 1.165) is 42.7 Å². The molecule has 0 bridgehead atoms. The van der Waals surface area contributed by atoms with Crippen LogP contribution in [0.2, 0.25) is 0 Å². The summed E-state index contributed by atoms with van der Waals surface area (Å²) in [5.41, 5.74) is 4.25. The molecule has 0 aliphatic heterocycles. The van der Waals surface area contributed by atoms with Gasteiger partial charge in [0, 0.05) is 30.3 Å². The lowest BCUT2D eigenvalue weighted by Gasteiger charge is -2.17. The summed E-state index contributed by atoms with van der Waals surface area (Å²) in [6, 6.07) is 8.73. The van der Waals surface area contributed by atoms with Gasteiger partial charge >= 0.3 is 0 Å². The van der Waals surface area contributed by atoms with Crippen molar-refractivity contribution in [2.45, 2.75) is 45.4 Å². The number of hydrogen-bond acceptors (Lipinski definition) is 3. The number of rotatable bonds is 7. The number of guanidine groups is 1. The van der Waals surface area contributed by atoms with Gasteiger partial charge in [-0.05, 0) is 44.7 Å². The first-order valence-corrected chi connectivity index (χ1v) is 10.0. The molecule has 25 heavy (non-hydrogen) atoms. The molecule has 0 atom stereocenters. The minimum atomic E-state index is 0.250. The van der Waals surface area contributed by atoms with Gasteiger partial charge in [-0.15, -0.1) is 11.3 Å². The van der Waals surface area contributed by atoms with E-state index >= 15 is 0 Å². The maximum Gasteiger partial charge on any atom is 0.191 e. The molecule has 134 valence electrons. The predicted molar refractivity (Wildman–Crippen MR) is 107 cm³/mol. The third-order valence-corrected chi connectivity index (χ3v) is 5.62. The van der Waals surface area contributed by atoms with Crippen LogP contribution < -0.4 is 10.6 Å². The van der Waals surface area contributed by atoms with Crippen LogP contribution in [-0.4, -0.2) is 30.6 Å². The van der Waals surface area contributed by atoms with Crippen LogP contribution in [0.1, 0.15) is 41.6 Å². The highest BCUT2D eigenvalue weighted by molar-refractivity contribution is 7.09. The van der Waals surface area contributed by atoms with E-state index in [9.17, 15) is 0 Å². The zero-order chi connectivity index (χ0) is 17.7. The molecule has 1 aliphatic rings. The van der Waals surface area contributed by atoms with Crippen LogP contribution in [0.3, 0.4) is 0 Å². The molecular weight excluding hydrogens is 328 g/mol. The van der Waals surface area contributed by atoms with E-state index in [0.29, 0.717) is 0 Å². The van der Waals surface area contributed by atoms with Crippen molar-refractivity contribution in [3.8, 4) is 0 Å². The minimum Gasteiger partial charge on any atom is -0.357 e. The Morgan fingerprint density at radius 1 is 1.24 bits per heavy atom. The number of aromatic nitrogens is 1. The highest BCUT2D eigenvalue weighted by atomic mass is 32.1. The number of aliphatic imine (C=N–C) groups is 1. The number of hydrogen-bond donors (Lipinski definition) is 2. The molecule has 0 amide bonds. The van der Waals surface area contributed by atoms with Crippen LogP contribution in [0.5, 0.6) is 0 Å². The Bertz CT molecular complexity index is 731. The topological polar surface area (TPSA) is 49.3 Å². The van der Waals surface area contributed by atoms with E-state index < -0.39 is 0 Å². The zero-order valence-electron chi connectivity index (χ0n) is 15.4. The summed E-state index contributed by atoms with van der Waals surface area (Å²) in [4.78, 5) is 9.39. The van der Waals surface area contributed by atoms with Crippen molar-refractivity contribution in [2.75, 3.05) is 19.6 Å². The van der Waals surface area contributed by atoms with Crippen LogP contribution in [0.25, 0.3) is 0 Å².